The monoisotopic (exact) mass is 346 g/mol. The number of hydrogen-bond donors (Lipinski definition) is 2. The van der Waals surface area contributed by atoms with Crippen molar-refractivity contribution in [3.05, 3.63) is 35.0 Å². The molecule has 0 saturated carbocycles. The minimum atomic E-state index is -0.595. The van der Waals surface area contributed by atoms with E-state index >= 15 is 0 Å². The first-order valence-corrected chi connectivity index (χ1v) is 8.45. The first-order valence-electron chi connectivity index (χ1n) is 8.45. The third kappa shape index (κ3) is 3.70. The average molecular weight is 346 g/mol. The van der Waals surface area contributed by atoms with Gasteiger partial charge in [0.15, 0.2) is 11.5 Å². The standard InChI is InChI=1S/C18H22N2O5/c1-3-4-5-8-23-17(21)15-11(2)19-18(22)20-16(15)12-6-7-13-14(9-12)25-10-24-13/h6-7,9,16H,3-5,8,10H2,1-2H3,(H2,19,20,22)/t16-/m0/s1. The Morgan fingerprint density at radius 1 is 1.28 bits per heavy atom. The maximum atomic E-state index is 12.6. The van der Waals surface area contributed by atoms with Gasteiger partial charge in [-0.1, -0.05) is 25.8 Å². The lowest BCUT2D eigenvalue weighted by Crippen LogP contribution is -2.45. The van der Waals surface area contributed by atoms with Crippen molar-refractivity contribution < 1.29 is 23.8 Å². The van der Waals surface area contributed by atoms with E-state index < -0.39 is 12.0 Å². The number of benzene rings is 1. The summed E-state index contributed by atoms with van der Waals surface area (Å²) in [6.07, 6.45) is 2.88. The summed E-state index contributed by atoms with van der Waals surface area (Å²) in [6, 6.07) is 4.40. The van der Waals surface area contributed by atoms with Gasteiger partial charge in [0.1, 0.15) is 0 Å². The maximum absolute atomic E-state index is 12.6. The molecule has 0 fully saturated rings. The van der Waals surface area contributed by atoms with E-state index in [9.17, 15) is 9.59 Å². The number of fused-ring (bicyclic) bond motifs is 1. The Balaban J connectivity index is 1.83. The SMILES string of the molecule is CCCCCOC(=O)C1=C(C)NC(=O)N[C@H]1c1ccc2c(c1)OCO2. The van der Waals surface area contributed by atoms with Crippen LogP contribution in [0.5, 0.6) is 11.5 Å². The molecule has 0 aromatic heterocycles. The molecule has 0 unspecified atom stereocenters. The van der Waals surface area contributed by atoms with Crippen LogP contribution in [0.2, 0.25) is 0 Å². The van der Waals surface area contributed by atoms with Crippen LogP contribution in [0.15, 0.2) is 29.5 Å². The van der Waals surface area contributed by atoms with E-state index in [2.05, 4.69) is 17.6 Å². The predicted molar refractivity (Wildman–Crippen MR) is 90.2 cm³/mol. The molecule has 3 rings (SSSR count). The second kappa shape index (κ2) is 7.46. The average Bonchev–Trinajstić information content (AvgIpc) is 3.05. The fourth-order valence-electron chi connectivity index (χ4n) is 2.90. The zero-order valence-corrected chi connectivity index (χ0v) is 14.4. The minimum absolute atomic E-state index is 0.165. The molecule has 2 amide bonds. The minimum Gasteiger partial charge on any atom is -0.462 e. The van der Waals surface area contributed by atoms with Crippen LogP contribution in [0.25, 0.3) is 0 Å². The Bertz CT molecular complexity index is 713. The summed E-state index contributed by atoms with van der Waals surface area (Å²) in [6.45, 7) is 4.32. The van der Waals surface area contributed by atoms with Gasteiger partial charge in [-0.05, 0) is 31.0 Å². The third-order valence-corrected chi connectivity index (χ3v) is 4.20. The summed E-state index contributed by atoms with van der Waals surface area (Å²) in [4.78, 5) is 24.5. The quantitative estimate of drug-likeness (QED) is 0.611. The number of hydrogen-bond acceptors (Lipinski definition) is 5. The molecule has 0 spiro atoms. The molecular weight excluding hydrogens is 324 g/mol. The highest BCUT2D eigenvalue weighted by atomic mass is 16.7. The van der Waals surface area contributed by atoms with E-state index in [0.717, 1.165) is 24.8 Å². The van der Waals surface area contributed by atoms with Crippen LogP contribution in [0.3, 0.4) is 0 Å². The molecule has 2 N–H and O–H groups in total. The van der Waals surface area contributed by atoms with E-state index in [1.165, 1.54) is 0 Å². The number of rotatable bonds is 6. The zero-order chi connectivity index (χ0) is 17.8. The number of urea groups is 1. The summed E-state index contributed by atoms with van der Waals surface area (Å²) in [5.74, 6) is 0.816. The molecule has 1 aromatic rings. The Morgan fingerprint density at radius 2 is 2.08 bits per heavy atom. The number of ether oxygens (including phenoxy) is 3. The number of amides is 2. The van der Waals surface area contributed by atoms with Gasteiger partial charge in [0.2, 0.25) is 6.79 Å². The molecule has 0 aliphatic carbocycles. The van der Waals surface area contributed by atoms with Crippen LogP contribution in [0, 0.1) is 0 Å². The van der Waals surface area contributed by atoms with E-state index in [0.29, 0.717) is 29.4 Å². The van der Waals surface area contributed by atoms with Gasteiger partial charge in [0.05, 0.1) is 18.2 Å². The molecular formula is C18H22N2O5. The summed E-state index contributed by atoms with van der Waals surface area (Å²) < 4.78 is 16.1. The van der Waals surface area contributed by atoms with Crippen molar-refractivity contribution in [3.63, 3.8) is 0 Å². The lowest BCUT2D eigenvalue weighted by molar-refractivity contribution is -0.139. The Morgan fingerprint density at radius 3 is 2.88 bits per heavy atom. The summed E-state index contributed by atoms with van der Waals surface area (Å²) >= 11 is 0. The van der Waals surface area contributed by atoms with Crippen molar-refractivity contribution in [3.8, 4) is 11.5 Å². The lowest BCUT2D eigenvalue weighted by atomic mass is 9.95. The molecule has 25 heavy (non-hydrogen) atoms. The van der Waals surface area contributed by atoms with Gasteiger partial charge in [-0.15, -0.1) is 0 Å². The van der Waals surface area contributed by atoms with Crippen molar-refractivity contribution in [1.82, 2.24) is 10.6 Å². The largest absolute Gasteiger partial charge is 0.462 e. The fraction of sp³-hybridized carbons (Fsp3) is 0.444. The van der Waals surface area contributed by atoms with Crippen molar-refractivity contribution >= 4 is 12.0 Å². The Labute approximate surface area is 146 Å². The van der Waals surface area contributed by atoms with Crippen LogP contribution in [0.1, 0.15) is 44.7 Å². The van der Waals surface area contributed by atoms with Crippen LogP contribution in [0.4, 0.5) is 4.79 Å². The first kappa shape index (κ1) is 17.1. The fourth-order valence-corrected chi connectivity index (χ4v) is 2.90. The highest BCUT2D eigenvalue weighted by Gasteiger charge is 2.33. The number of allylic oxidation sites excluding steroid dienone is 1. The predicted octanol–water partition coefficient (Wildman–Crippen LogP) is 2.78. The molecule has 2 aliphatic heterocycles. The number of carbonyl (C=O) groups is 2. The van der Waals surface area contributed by atoms with Crippen molar-refractivity contribution in [1.29, 1.82) is 0 Å². The van der Waals surface area contributed by atoms with Crippen LogP contribution in [-0.2, 0) is 9.53 Å². The van der Waals surface area contributed by atoms with Gasteiger partial charge in [0.25, 0.3) is 0 Å². The number of esters is 1. The van der Waals surface area contributed by atoms with Crippen LogP contribution in [-0.4, -0.2) is 25.4 Å². The van der Waals surface area contributed by atoms with Gasteiger partial charge < -0.3 is 24.8 Å². The van der Waals surface area contributed by atoms with E-state index in [-0.39, 0.29) is 12.8 Å². The summed E-state index contributed by atoms with van der Waals surface area (Å²) in [5.41, 5.74) is 1.63. The number of nitrogens with one attached hydrogen (secondary N) is 2. The highest BCUT2D eigenvalue weighted by Crippen LogP contribution is 2.37. The molecule has 7 nitrogen and oxygen atoms in total. The van der Waals surface area contributed by atoms with Gasteiger partial charge in [-0.2, -0.15) is 0 Å². The number of carbonyl (C=O) groups excluding carboxylic acids is 2. The maximum Gasteiger partial charge on any atom is 0.338 e. The Kier molecular flexibility index (Phi) is 5.11. The number of unbranched alkanes of at least 4 members (excludes halogenated alkanes) is 2. The van der Waals surface area contributed by atoms with E-state index in [4.69, 9.17) is 14.2 Å². The lowest BCUT2D eigenvalue weighted by Gasteiger charge is -2.28. The van der Waals surface area contributed by atoms with Crippen molar-refractivity contribution in [2.24, 2.45) is 0 Å². The molecule has 0 bridgehead atoms. The molecule has 2 heterocycles. The van der Waals surface area contributed by atoms with Gasteiger partial charge in [0, 0.05) is 5.70 Å². The molecule has 134 valence electrons. The molecule has 2 aliphatic rings. The van der Waals surface area contributed by atoms with E-state index in [1.54, 1.807) is 25.1 Å². The van der Waals surface area contributed by atoms with Gasteiger partial charge in [-0.3, -0.25) is 0 Å². The van der Waals surface area contributed by atoms with Crippen molar-refractivity contribution in [2.45, 2.75) is 39.2 Å². The summed E-state index contributed by atoms with van der Waals surface area (Å²) in [5, 5.41) is 5.42. The second-order valence-electron chi connectivity index (χ2n) is 6.03. The molecule has 7 heteroatoms. The summed E-state index contributed by atoms with van der Waals surface area (Å²) in [7, 11) is 0. The molecule has 0 radical (unpaired) electrons. The second-order valence-corrected chi connectivity index (χ2v) is 6.03. The van der Waals surface area contributed by atoms with Crippen LogP contribution < -0.4 is 20.1 Å². The Hall–Kier alpha value is -2.70. The van der Waals surface area contributed by atoms with Crippen molar-refractivity contribution in [2.75, 3.05) is 13.4 Å². The topological polar surface area (TPSA) is 85.9 Å². The molecule has 0 saturated heterocycles. The normalized spacial score (nSPS) is 18.6. The van der Waals surface area contributed by atoms with Gasteiger partial charge in [-0.25, -0.2) is 9.59 Å². The van der Waals surface area contributed by atoms with E-state index in [1.807, 2.05) is 0 Å². The molecule has 1 aromatic carbocycles. The highest BCUT2D eigenvalue weighted by molar-refractivity contribution is 5.95. The zero-order valence-electron chi connectivity index (χ0n) is 14.4. The first-order chi connectivity index (χ1) is 12.1. The molecule has 1 atom stereocenters. The van der Waals surface area contributed by atoms with Crippen LogP contribution >= 0.6 is 0 Å². The smallest absolute Gasteiger partial charge is 0.338 e. The third-order valence-electron chi connectivity index (χ3n) is 4.20. The van der Waals surface area contributed by atoms with Gasteiger partial charge >= 0.3 is 12.0 Å².